The Balaban J connectivity index is 2.83. The summed E-state index contributed by atoms with van der Waals surface area (Å²) in [7, 11) is 0. The van der Waals surface area contributed by atoms with Crippen LogP contribution in [0.3, 0.4) is 0 Å². The zero-order valence-electron chi connectivity index (χ0n) is 11.0. The second-order valence-corrected chi connectivity index (χ2v) is 3.89. The first kappa shape index (κ1) is 14.8. The fraction of sp³-hybridized carbons (Fsp3) is 0.385. The van der Waals surface area contributed by atoms with Gasteiger partial charge in [-0.25, -0.2) is 4.79 Å². The summed E-state index contributed by atoms with van der Waals surface area (Å²) in [6.07, 6.45) is -0.603. The minimum Gasteiger partial charge on any atom is -0.492 e. The zero-order chi connectivity index (χ0) is 14.4. The van der Waals surface area contributed by atoms with Gasteiger partial charge in [0.05, 0.1) is 17.9 Å². The molecule has 0 heterocycles. The lowest BCUT2D eigenvalue weighted by Gasteiger charge is -2.13. The standard InChI is InChI=1S/C13H18N2O4/c1-3-10(12(15)16)19-13(17)8-5-6-11(18-4-2)9(14)7-8/h5-7,10H,3-4,14H2,1-2H3,(H2,15,16). The summed E-state index contributed by atoms with van der Waals surface area (Å²) in [4.78, 5) is 22.8. The van der Waals surface area contributed by atoms with Crippen LogP contribution < -0.4 is 16.2 Å². The molecule has 0 saturated carbocycles. The molecule has 0 aromatic heterocycles. The summed E-state index contributed by atoms with van der Waals surface area (Å²) in [5, 5.41) is 0. The number of primary amides is 1. The number of amides is 1. The molecule has 1 atom stereocenters. The number of nitrogen functional groups attached to an aromatic ring is 1. The van der Waals surface area contributed by atoms with E-state index in [1.54, 1.807) is 13.0 Å². The molecule has 1 aromatic carbocycles. The number of carbonyl (C=O) groups is 2. The maximum Gasteiger partial charge on any atom is 0.338 e. The molecule has 0 bridgehead atoms. The van der Waals surface area contributed by atoms with Gasteiger partial charge >= 0.3 is 5.97 Å². The molecule has 0 spiro atoms. The number of benzene rings is 1. The number of carbonyl (C=O) groups excluding carboxylic acids is 2. The molecule has 4 N–H and O–H groups in total. The van der Waals surface area contributed by atoms with Gasteiger partial charge in [0, 0.05) is 0 Å². The molecule has 1 aromatic rings. The number of rotatable bonds is 6. The molecule has 104 valence electrons. The van der Waals surface area contributed by atoms with Crippen LogP contribution in [0.25, 0.3) is 0 Å². The molecule has 1 rings (SSSR count). The maximum atomic E-state index is 11.8. The van der Waals surface area contributed by atoms with E-state index >= 15 is 0 Å². The van der Waals surface area contributed by atoms with Crippen molar-refractivity contribution in [2.45, 2.75) is 26.4 Å². The summed E-state index contributed by atoms with van der Waals surface area (Å²) < 4.78 is 10.3. The van der Waals surface area contributed by atoms with Gasteiger partial charge in [-0.05, 0) is 31.5 Å². The van der Waals surface area contributed by atoms with Crippen LogP contribution in [0, 0.1) is 0 Å². The predicted octanol–water partition coefficient (Wildman–Crippen LogP) is 1.09. The molecular formula is C13H18N2O4. The van der Waals surface area contributed by atoms with Crippen LogP contribution in [0.15, 0.2) is 18.2 Å². The van der Waals surface area contributed by atoms with Crippen LogP contribution >= 0.6 is 0 Å². The van der Waals surface area contributed by atoms with Gasteiger partial charge < -0.3 is 20.9 Å². The fourth-order valence-corrected chi connectivity index (χ4v) is 1.50. The highest BCUT2D eigenvalue weighted by molar-refractivity contribution is 5.93. The Morgan fingerprint density at radius 3 is 2.47 bits per heavy atom. The molecule has 0 radical (unpaired) electrons. The smallest absolute Gasteiger partial charge is 0.338 e. The number of esters is 1. The molecule has 0 aliphatic carbocycles. The van der Waals surface area contributed by atoms with Crippen molar-refractivity contribution in [1.29, 1.82) is 0 Å². The normalized spacial score (nSPS) is 11.7. The molecule has 6 nitrogen and oxygen atoms in total. The van der Waals surface area contributed by atoms with Gasteiger partial charge in [-0.3, -0.25) is 4.79 Å². The average molecular weight is 266 g/mol. The second kappa shape index (κ2) is 6.63. The molecule has 19 heavy (non-hydrogen) atoms. The van der Waals surface area contributed by atoms with Gasteiger partial charge in [0.25, 0.3) is 5.91 Å². The third-order valence-electron chi connectivity index (χ3n) is 2.48. The molecule has 1 unspecified atom stereocenters. The lowest BCUT2D eigenvalue weighted by molar-refractivity contribution is -0.126. The Bertz CT molecular complexity index is 474. The van der Waals surface area contributed by atoms with Crippen LogP contribution in [-0.2, 0) is 9.53 Å². The minimum atomic E-state index is -0.930. The molecular weight excluding hydrogens is 248 g/mol. The van der Waals surface area contributed by atoms with Crippen molar-refractivity contribution < 1.29 is 19.1 Å². The Labute approximate surface area is 111 Å². The molecule has 0 saturated heterocycles. The molecule has 0 aliphatic rings. The van der Waals surface area contributed by atoms with Gasteiger partial charge in [-0.2, -0.15) is 0 Å². The van der Waals surface area contributed by atoms with E-state index < -0.39 is 18.0 Å². The van der Waals surface area contributed by atoms with Gasteiger partial charge in [-0.15, -0.1) is 0 Å². The quantitative estimate of drug-likeness (QED) is 0.592. The van der Waals surface area contributed by atoms with Crippen LogP contribution in [0.5, 0.6) is 5.75 Å². The van der Waals surface area contributed by atoms with E-state index in [0.29, 0.717) is 24.5 Å². The Morgan fingerprint density at radius 1 is 1.32 bits per heavy atom. The summed E-state index contributed by atoms with van der Waals surface area (Å²) in [6, 6.07) is 4.55. The van der Waals surface area contributed by atoms with Gasteiger partial charge in [0.15, 0.2) is 6.10 Å². The van der Waals surface area contributed by atoms with E-state index in [9.17, 15) is 9.59 Å². The third-order valence-corrected chi connectivity index (χ3v) is 2.48. The second-order valence-electron chi connectivity index (χ2n) is 3.89. The van der Waals surface area contributed by atoms with E-state index in [4.69, 9.17) is 20.9 Å². The van der Waals surface area contributed by atoms with Crippen molar-refractivity contribution in [3.8, 4) is 5.75 Å². The highest BCUT2D eigenvalue weighted by Crippen LogP contribution is 2.23. The SMILES string of the molecule is CCOc1ccc(C(=O)OC(CC)C(N)=O)cc1N. The number of anilines is 1. The first-order valence-corrected chi connectivity index (χ1v) is 6.02. The van der Waals surface area contributed by atoms with Gasteiger partial charge in [0.2, 0.25) is 0 Å². The Hall–Kier alpha value is -2.24. The minimum absolute atomic E-state index is 0.251. The van der Waals surface area contributed by atoms with Crippen molar-refractivity contribution in [3.05, 3.63) is 23.8 Å². The van der Waals surface area contributed by atoms with Crippen LogP contribution in [0.2, 0.25) is 0 Å². The first-order valence-electron chi connectivity index (χ1n) is 6.02. The van der Waals surface area contributed by atoms with Crippen molar-refractivity contribution in [3.63, 3.8) is 0 Å². The lowest BCUT2D eigenvalue weighted by atomic mass is 10.2. The summed E-state index contributed by atoms with van der Waals surface area (Å²) in [5.74, 6) is -0.809. The Kier molecular flexibility index (Phi) is 5.17. The van der Waals surface area contributed by atoms with E-state index in [0.717, 1.165) is 0 Å². The highest BCUT2D eigenvalue weighted by atomic mass is 16.5. The number of nitrogens with two attached hydrogens (primary N) is 2. The fourth-order valence-electron chi connectivity index (χ4n) is 1.50. The Morgan fingerprint density at radius 2 is 2.00 bits per heavy atom. The molecule has 0 aliphatic heterocycles. The third kappa shape index (κ3) is 3.87. The van der Waals surface area contributed by atoms with Crippen molar-refractivity contribution in [2.24, 2.45) is 5.73 Å². The first-order chi connectivity index (χ1) is 8.99. The van der Waals surface area contributed by atoms with Gasteiger partial charge in [0.1, 0.15) is 5.75 Å². The van der Waals surface area contributed by atoms with Crippen LogP contribution in [0.1, 0.15) is 30.6 Å². The maximum absolute atomic E-state index is 11.8. The largest absolute Gasteiger partial charge is 0.492 e. The molecule has 0 fully saturated rings. The van der Waals surface area contributed by atoms with Crippen LogP contribution in [0.4, 0.5) is 5.69 Å². The number of hydrogen-bond donors (Lipinski definition) is 2. The number of hydrogen-bond acceptors (Lipinski definition) is 5. The molecule has 6 heteroatoms. The molecule has 1 amide bonds. The predicted molar refractivity (Wildman–Crippen MR) is 70.7 cm³/mol. The van der Waals surface area contributed by atoms with Crippen LogP contribution in [-0.4, -0.2) is 24.6 Å². The van der Waals surface area contributed by atoms with E-state index in [1.807, 2.05) is 6.92 Å². The van der Waals surface area contributed by atoms with E-state index in [1.165, 1.54) is 12.1 Å². The van der Waals surface area contributed by atoms with Gasteiger partial charge in [-0.1, -0.05) is 6.92 Å². The summed E-state index contributed by atoms with van der Waals surface area (Å²) in [6.45, 7) is 4.02. The summed E-state index contributed by atoms with van der Waals surface area (Å²) >= 11 is 0. The topological polar surface area (TPSA) is 105 Å². The monoisotopic (exact) mass is 266 g/mol. The van der Waals surface area contributed by atoms with E-state index in [2.05, 4.69) is 0 Å². The number of ether oxygens (including phenoxy) is 2. The highest BCUT2D eigenvalue weighted by Gasteiger charge is 2.19. The van der Waals surface area contributed by atoms with Crippen molar-refractivity contribution in [1.82, 2.24) is 0 Å². The van der Waals surface area contributed by atoms with Crippen molar-refractivity contribution >= 4 is 17.6 Å². The zero-order valence-corrected chi connectivity index (χ0v) is 11.0. The average Bonchev–Trinajstić information content (AvgIpc) is 2.37. The summed E-state index contributed by atoms with van der Waals surface area (Å²) in [5.41, 5.74) is 11.4. The van der Waals surface area contributed by atoms with Crippen molar-refractivity contribution in [2.75, 3.05) is 12.3 Å². The lowest BCUT2D eigenvalue weighted by Crippen LogP contribution is -2.32. The van der Waals surface area contributed by atoms with E-state index in [-0.39, 0.29) is 5.56 Å².